The number of halogens is 1. The zero-order valence-corrected chi connectivity index (χ0v) is 16.1. The molecule has 0 aliphatic heterocycles. The van der Waals surface area contributed by atoms with E-state index in [1.807, 2.05) is 29.6 Å². The molecule has 0 aliphatic carbocycles. The molecule has 0 radical (unpaired) electrons. The van der Waals surface area contributed by atoms with Gasteiger partial charge in [0.05, 0.1) is 15.8 Å². The molecule has 2 aromatic carbocycles. The molecular weight excluding hydrogens is 383 g/mol. The molecule has 27 heavy (non-hydrogen) atoms. The van der Waals surface area contributed by atoms with Gasteiger partial charge in [0, 0.05) is 10.6 Å². The van der Waals surface area contributed by atoms with Crippen LogP contribution in [0, 0.1) is 5.82 Å². The largest absolute Gasteiger partial charge is 0.323 e. The van der Waals surface area contributed by atoms with Gasteiger partial charge in [0.15, 0.2) is 0 Å². The summed E-state index contributed by atoms with van der Waals surface area (Å²) >= 11 is 2.70. The Morgan fingerprint density at radius 3 is 2.59 bits per heavy atom. The first-order valence-electron chi connectivity index (χ1n) is 8.20. The summed E-state index contributed by atoms with van der Waals surface area (Å²) in [7, 11) is 0. The van der Waals surface area contributed by atoms with E-state index in [-0.39, 0.29) is 17.5 Å². The van der Waals surface area contributed by atoms with Crippen molar-refractivity contribution in [3.63, 3.8) is 0 Å². The Morgan fingerprint density at radius 2 is 1.85 bits per heavy atom. The maximum atomic E-state index is 13.7. The van der Waals surface area contributed by atoms with Crippen LogP contribution in [0.1, 0.15) is 16.6 Å². The van der Waals surface area contributed by atoms with Gasteiger partial charge in [-0.15, -0.1) is 23.1 Å². The fourth-order valence-corrected chi connectivity index (χ4v) is 3.85. The molecule has 0 saturated heterocycles. The number of amides is 2. The summed E-state index contributed by atoms with van der Waals surface area (Å²) in [5.41, 5.74) is 0.812. The van der Waals surface area contributed by atoms with E-state index in [0.717, 1.165) is 4.90 Å². The normalized spacial score (nSPS) is 11.6. The number of nitrogens with one attached hydrogen (secondary N) is 2. The maximum absolute atomic E-state index is 13.7. The predicted octanol–water partition coefficient (Wildman–Crippen LogP) is 5.26. The van der Waals surface area contributed by atoms with Crippen LogP contribution in [0.25, 0.3) is 0 Å². The number of rotatable bonds is 6. The molecule has 0 bridgehead atoms. The van der Waals surface area contributed by atoms with Crippen LogP contribution in [0.15, 0.2) is 70.9 Å². The van der Waals surface area contributed by atoms with Gasteiger partial charge < -0.3 is 10.6 Å². The molecule has 0 aliphatic rings. The summed E-state index contributed by atoms with van der Waals surface area (Å²) in [5.74, 6) is -0.933. The van der Waals surface area contributed by atoms with Gasteiger partial charge in [0.2, 0.25) is 5.91 Å². The fraction of sp³-hybridized carbons (Fsp3) is 0.100. The monoisotopic (exact) mass is 400 g/mol. The minimum absolute atomic E-state index is 0.159. The number of anilines is 2. The number of thiophene rings is 1. The summed E-state index contributed by atoms with van der Waals surface area (Å²) in [4.78, 5) is 25.9. The highest BCUT2D eigenvalue weighted by Crippen LogP contribution is 2.27. The van der Waals surface area contributed by atoms with Crippen molar-refractivity contribution >= 4 is 46.3 Å². The van der Waals surface area contributed by atoms with Gasteiger partial charge >= 0.3 is 0 Å². The molecule has 1 atom stereocenters. The summed E-state index contributed by atoms with van der Waals surface area (Å²) in [6, 6.07) is 16.9. The van der Waals surface area contributed by atoms with E-state index in [1.54, 1.807) is 31.2 Å². The highest BCUT2D eigenvalue weighted by Gasteiger charge is 2.16. The molecule has 3 aromatic rings. The van der Waals surface area contributed by atoms with E-state index >= 15 is 0 Å². The Balaban J connectivity index is 1.62. The Kier molecular flexibility index (Phi) is 6.26. The molecule has 1 unspecified atom stereocenters. The highest BCUT2D eigenvalue weighted by atomic mass is 32.2. The molecule has 1 aromatic heterocycles. The van der Waals surface area contributed by atoms with Gasteiger partial charge in [-0.25, -0.2) is 4.39 Å². The summed E-state index contributed by atoms with van der Waals surface area (Å²) in [6.07, 6.45) is 0. The van der Waals surface area contributed by atoms with Crippen molar-refractivity contribution in [1.82, 2.24) is 0 Å². The highest BCUT2D eigenvalue weighted by molar-refractivity contribution is 8.00. The van der Waals surface area contributed by atoms with Crippen molar-refractivity contribution in [3.8, 4) is 0 Å². The van der Waals surface area contributed by atoms with Crippen molar-refractivity contribution in [2.45, 2.75) is 17.1 Å². The van der Waals surface area contributed by atoms with E-state index < -0.39 is 11.1 Å². The molecule has 0 saturated carbocycles. The third-order valence-electron chi connectivity index (χ3n) is 3.65. The van der Waals surface area contributed by atoms with Crippen LogP contribution in [0.2, 0.25) is 0 Å². The zero-order chi connectivity index (χ0) is 19.2. The van der Waals surface area contributed by atoms with E-state index in [9.17, 15) is 14.0 Å². The quantitative estimate of drug-likeness (QED) is 0.555. The number of carbonyl (C=O) groups is 2. The lowest BCUT2D eigenvalue weighted by Crippen LogP contribution is -2.22. The molecule has 1 heterocycles. The molecule has 7 heteroatoms. The number of para-hydroxylation sites is 1. The van der Waals surface area contributed by atoms with Crippen molar-refractivity contribution in [3.05, 3.63) is 76.7 Å². The van der Waals surface area contributed by atoms with Gasteiger partial charge in [-0.1, -0.05) is 24.3 Å². The van der Waals surface area contributed by atoms with Crippen molar-refractivity contribution in [1.29, 1.82) is 0 Å². The Labute approximate surface area is 164 Å². The number of carbonyl (C=O) groups excluding carboxylic acids is 2. The SMILES string of the molecule is CC(Sc1cccc(NC(=O)c2cccs2)c1)C(=O)Nc1ccccc1F. The van der Waals surface area contributed by atoms with Gasteiger partial charge in [-0.2, -0.15) is 0 Å². The topological polar surface area (TPSA) is 58.2 Å². The summed E-state index contributed by atoms with van der Waals surface area (Å²) in [6.45, 7) is 1.75. The zero-order valence-electron chi connectivity index (χ0n) is 14.4. The minimum atomic E-state index is -0.471. The standard InChI is InChI=1S/C20H17FN2O2S2/c1-13(19(24)23-17-9-3-2-8-16(17)21)27-15-7-4-6-14(12-15)22-20(25)18-10-5-11-26-18/h2-13H,1H3,(H,22,25)(H,23,24). The molecule has 4 nitrogen and oxygen atoms in total. The number of benzene rings is 2. The van der Waals surface area contributed by atoms with Crippen LogP contribution in [-0.2, 0) is 4.79 Å². The van der Waals surface area contributed by atoms with Gasteiger partial charge in [0.1, 0.15) is 5.82 Å². The third kappa shape index (κ3) is 5.18. The van der Waals surface area contributed by atoms with E-state index in [2.05, 4.69) is 10.6 Å². The second kappa shape index (κ2) is 8.83. The summed E-state index contributed by atoms with van der Waals surface area (Å²) in [5, 5.41) is 6.84. The smallest absolute Gasteiger partial charge is 0.265 e. The van der Waals surface area contributed by atoms with Crippen LogP contribution in [0.3, 0.4) is 0 Å². The molecular formula is C20H17FN2O2S2. The Bertz CT molecular complexity index is 945. The maximum Gasteiger partial charge on any atom is 0.265 e. The predicted molar refractivity (Wildman–Crippen MR) is 109 cm³/mol. The van der Waals surface area contributed by atoms with E-state index in [0.29, 0.717) is 10.6 Å². The Morgan fingerprint density at radius 1 is 1.04 bits per heavy atom. The van der Waals surface area contributed by atoms with Crippen LogP contribution in [0.4, 0.5) is 15.8 Å². The first-order valence-corrected chi connectivity index (χ1v) is 9.96. The lowest BCUT2D eigenvalue weighted by molar-refractivity contribution is -0.115. The molecule has 138 valence electrons. The lowest BCUT2D eigenvalue weighted by Gasteiger charge is -2.13. The minimum Gasteiger partial charge on any atom is -0.323 e. The van der Waals surface area contributed by atoms with Crippen molar-refractivity contribution in [2.24, 2.45) is 0 Å². The van der Waals surface area contributed by atoms with Crippen LogP contribution in [0.5, 0.6) is 0 Å². The van der Waals surface area contributed by atoms with E-state index in [4.69, 9.17) is 0 Å². The fourth-order valence-electron chi connectivity index (χ4n) is 2.30. The first kappa shape index (κ1) is 19.1. The number of hydrogen-bond acceptors (Lipinski definition) is 4. The van der Waals surface area contributed by atoms with Crippen LogP contribution in [-0.4, -0.2) is 17.1 Å². The first-order chi connectivity index (χ1) is 13.0. The van der Waals surface area contributed by atoms with Crippen LogP contribution < -0.4 is 10.6 Å². The second-order valence-electron chi connectivity index (χ2n) is 5.69. The van der Waals surface area contributed by atoms with Gasteiger partial charge in [0.25, 0.3) is 5.91 Å². The lowest BCUT2D eigenvalue weighted by atomic mass is 10.3. The van der Waals surface area contributed by atoms with Gasteiger partial charge in [-0.3, -0.25) is 9.59 Å². The van der Waals surface area contributed by atoms with Gasteiger partial charge in [-0.05, 0) is 48.7 Å². The average Bonchev–Trinajstić information content (AvgIpc) is 3.19. The number of thioether (sulfide) groups is 1. The molecule has 3 rings (SSSR count). The summed E-state index contributed by atoms with van der Waals surface area (Å²) < 4.78 is 13.7. The Hall–Kier alpha value is -2.64. The van der Waals surface area contributed by atoms with Crippen LogP contribution >= 0.6 is 23.1 Å². The third-order valence-corrected chi connectivity index (χ3v) is 5.61. The van der Waals surface area contributed by atoms with E-state index in [1.165, 1.54) is 35.2 Å². The molecule has 2 amide bonds. The average molecular weight is 401 g/mol. The molecule has 2 N–H and O–H groups in total. The molecule has 0 spiro atoms. The van der Waals surface area contributed by atoms with Crippen molar-refractivity contribution in [2.75, 3.05) is 10.6 Å². The van der Waals surface area contributed by atoms with Crippen molar-refractivity contribution < 1.29 is 14.0 Å². The second-order valence-corrected chi connectivity index (χ2v) is 8.05. The molecule has 0 fully saturated rings. The number of hydrogen-bond donors (Lipinski definition) is 2.